The molecule has 33 heavy (non-hydrogen) atoms. The Labute approximate surface area is 194 Å². The van der Waals surface area contributed by atoms with E-state index in [0.717, 1.165) is 60.7 Å². The number of ether oxygens (including phenoxy) is 1. The van der Waals surface area contributed by atoms with E-state index in [1.807, 2.05) is 30.5 Å². The highest BCUT2D eigenvalue weighted by molar-refractivity contribution is 5.83. The molecule has 0 radical (unpaired) electrons. The van der Waals surface area contributed by atoms with E-state index in [9.17, 15) is 0 Å². The molecule has 3 aromatic rings. The van der Waals surface area contributed by atoms with Gasteiger partial charge in [-0.2, -0.15) is 0 Å². The summed E-state index contributed by atoms with van der Waals surface area (Å²) in [5.41, 5.74) is 10.0. The van der Waals surface area contributed by atoms with E-state index >= 15 is 0 Å². The van der Waals surface area contributed by atoms with Crippen LogP contribution in [-0.4, -0.2) is 85.1 Å². The van der Waals surface area contributed by atoms with E-state index in [4.69, 9.17) is 15.5 Å². The fourth-order valence-corrected chi connectivity index (χ4v) is 4.68. The summed E-state index contributed by atoms with van der Waals surface area (Å²) in [6, 6.07) is 12.6. The molecule has 0 unspecified atom stereocenters. The Morgan fingerprint density at radius 3 is 2.55 bits per heavy atom. The Balaban J connectivity index is 1.31. The average molecular weight is 446 g/mol. The molecule has 3 heterocycles. The number of fused-ring (bicyclic) bond motifs is 1. The molecule has 2 aromatic carbocycles. The van der Waals surface area contributed by atoms with Gasteiger partial charge in [-0.1, -0.05) is 19.1 Å². The lowest BCUT2D eigenvalue weighted by Crippen LogP contribution is -2.63. The smallest absolute Gasteiger partial charge is 0.147 e. The molecule has 2 aliphatic heterocycles. The normalized spacial score (nSPS) is 17.8. The number of rotatable bonds is 7. The molecule has 2 aliphatic rings. The lowest BCUT2D eigenvalue weighted by molar-refractivity contribution is 0.0859. The molecule has 8 heteroatoms. The Morgan fingerprint density at radius 2 is 1.82 bits per heavy atom. The maximum absolute atomic E-state index is 5.50. The minimum absolute atomic E-state index is 0.0997. The van der Waals surface area contributed by atoms with E-state index in [-0.39, 0.29) is 6.73 Å². The first-order valence-corrected chi connectivity index (χ1v) is 11.6. The molecular weight excluding hydrogens is 414 g/mol. The largest absolute Gasteiger partial charge is 0.476 e. The van der Waals surface area contributed by atoms with Crippen molar-refractivity contribution in [3.8, 4) is 16.9 Å². The molecule has 5 rings (SSSR count). The molecule has 0 aliphatic carbocycles. The van der Waals surface area contributed by atoms with E-state index in [1.165, 1.54) is 13.1 Å². The highest BCUT2D eigenvalue weighted by atomic mass is 16.5. The standard InChI is InChI=1S/C25H31N7O/c1-3-30-8-10-31(11-9-30)20-15-32(16-20)25-14-28-21-6-4-18(12-22(21)29-25)19-5-7-24(33-17-26)23(13-19)27-2/h4-7,12-14,20H,2-3,8-11,15-17,26H2,1H3. The van der Waals surface area contributed by atoms with Gasteiger partial charge in [-0.25, -0.2) is 4.98 Å². The van der Waals surface area contributed by atoms with Crippen LogP contribution in [-0.2, 0) is 0 Å². The summed E-state index contributed by atoms with van der Waals surface area (Å²) in [6.45, 7) is 13.8. The second kappa shape index (κ2) is 9.43. The summed E-state index contributed by atoms with van der Waals surface area (Å²) >= 11 is 0. The number of likely N-dealkylation sites (N-methyl/N-ethyl adjacent to an activating group) is 1. The molecule has 0 spiro atoms. The molecule has 8 nitrogen and oxygen atoms in total. The Morgan fingerprint density at radius 1 is 1.06 bits per heavy atom. The number of nitrogens with two attached hydrogens (primary N) is 1. The van der Waals surface area contributed by atoms with E-state index in [2.05, 4.69) is 50.5 Å². The zero-order chi connectivity index (χ0) is 22.8. The van der Waals surface area contributed by atoms with Crippen molar-refractivity contribution in [3.63, 3.8) is 0 Å². The molecule has 0 saturated carbocycles. The average Bonchev–Trinajstić information content (AvgIpc) is 2.83. The zero-order valence-corrected chi connectivity index (χ0v) is 19.2. The van der Waals surface area contributed by atoms with Crippen molar-refractivity contribution < 1.29 is 4.74 Å². The van der Waals surface area contributed by atoms with Gasteiger partial charge < -0.3 is 14.5 Å². The fourth-order valence-electron chi connectivity index (χ4n) is 4.68. The molecule has 1 aromatic heterocycles. The van der Waals surface area contributed by atoms with Crippen LogP contribution in [0.25, 0.3) is 22.2 Å². The van der Waals surface area contributed by atoms with E-state index < -0.39 is 0 Å². The van der Waals surface area contributed by atoms with Gasteiger partial charge in [0.1, 0.15) is 24.0 Å². The van der Waals surface area contributed by atoms with E-state index in [1.54, 1.807) is 0 Å². The first kappa shape index (κ1) is 21.8. The quantitative estimate of drug-likeness (QED) is 0.442. The third kappa shape index (κ3) is 4.42. The van der Waals surface area contributed by atoms with Crippen molar-refractivity contribution in [2.45, 2.75) is 13.0 Å². The SMILES string of the molecule is C=Nc1cc(-c2ccc3ncc(N4CC(N5CCN(CC)CC5)C4)nc3c2)ccc1OCN. The van der Waals surface area contributed by atoms with Crippen molar-refractivity contribution in [1.29, 1.82) is 0 Å². The number of hydrogen-bond donors (Lipinski definition) is 1. The van der Waals surface area contributed by atoms with Crippen LogP contribution in [0.2, 0.25) is 0 Å². The van der Waals surface area contributed by atoms with Crippen LogP contribution in [0.4, 0.5) is 11.5 Å². The summed E-state index contributed by atoms with van der Waals surface area (Å²) in [5.74, 6) is 1.57. The molecule has 172 valence electrons. The second-order valence-corrected chi connectivity index (χ2v) is 8.61. The minimum Gasteiger partial charge on any atom is -0.476 e. The summed E-state index contributed by atoms with van der Waals surface area (Å²) in [6.07, 6.45) is 1.89. The fraction of sp³-hybridized carbons (Fsp3) is 0.400. The maximum atomic E-state index is 5.50. The van der Waals surface area contributed by atoms with Crippen LogP contribution < -0.4 is 15.4 Å². The second-order valence-electron chi connectivity index (χ2n) is 8.61. The lowest BCUT2D eigenvalue weighted by Gasteiger charge is -2.48. The van der Waals surface area contributed by atoms with Crippen LogP contribution in [0, 0.1) is 0 Å². The van der Waals surface area contributed by atoms with Crippen LogP contribution in [0.1, 0.15) is 6.92 Å². The van der Waals surface area contributed by atoms with Gasteiger partial charge in [0.05, 0.1) is 17.2 Å². The Hall–Kier alpha value is -3.07. The van der Waals surface area contributed by atoms with Crippen molar-refractivity contribution in [1.82, 2.24) is 19.8 Å². The number of anilines is 1. The highest BCUT2D eigenvalue weighted by Gasteiger charge is 2.34. The Bertz CT molecular complexity index is 1140. The van der Waals surface area contributed by atoms with Gasteiger partial charge in [0, 0.05) is 45.3 Å². The summed E-state index contributed by atoms with van der Waals surface area (Å²) in [4.78, 5) is 21.1. The number of aromatic nitrogens is 2. The predicted molar refractivity (Wildman–Crippen MR) is 134 cm³/mol. The molecule has 2 saturated heterocycles. The first-order valence-electron chi connectivity index (χ1n) is 11.6. The van der Waals surface area contributed by atoms with Gasteiger partial charge in [0.25, 0.3) is 0 Å². The summed E-state index contributed by atoms with van der Waals surface area (Å²) < 4.78 is 5.42. The molecular formula is C25H31N7O. The molecule has 0 atom stereocenters. The van der Waals surface area contributed by atoms with Gasteiger partial charge >= 0.3 is 0 Å². The maximum Gasteiger partial charge on any atom is 0.147 e. The zero-order valence-electron chi connectivity index (χ0n) is 19.2. The number of nitrogens with zero attached hydrogens (tertiary/aromatic N) is 6. The van der Waals surface area contributed by atoms with Crippen LogP contribution in [0.5, 0.6) is 5.75 Å². The van der Waals surface area contributed by atoms with Crippen molar-refractivity contribution in [2.24, 2.45) is 10.7 Å². The topological polar surface area (TPSA) is 83.1 Å². The Kier molecular flexibility index (Phi) is 6.22. The van der Waals surface area contributed by atoms with Gasteiger partial charge in [0.2, 0.25) is 0 Å². The van der Waals surface area contributed by atoms with Crippen LogP contribution >= 0.6 is 0 Å². The summed E-state index contributed by atoms with van der Waals surface area (Å²) in [7, 11) is 0. The van der Waals surface area contributed by atoms with Crippen LogP contribution in [0.15, 0.2) is 47.6 Å². The van der Waals surface area contributed by atoms with Crippen molar-refractivity contribution >= 4 is 29.3 Å². The van der Waals surface area contributed by atoms with E-state index in [0.29, 0.717) is 17.5 Å². The number of piperazine rings is 1. The minimum atomic E-state index is 0.0997. The number of aliphatic imine (C=N–C) groups is 1. The summed E-state index contributed by atoms with van der Waals surface area (Å²) in [5, 5.41) is 0. The molecule has 2 N–H and O–H groups in total. The van der Waals surface area contributed by atoms with Crippen LogP contribution in [0.3, 0.4) is 0 Å². The van der Waals surface area contributed by atoms with Gasteiger partial charge in [-0.05, 0) is 48.7 Å². The van der Waals surface area contributed by atoms with Gasteiger partial charge in [0.15, 0.2) is 0 Å². The van der Waals surface area contributed by atoms with Crippen molar-refractivity contribution in [2.75, 3.05) is 57.4 Å². The predicted octanol–water partition coefficient (Wildman–Crippen LogP) is 2.75. The monoisotopic (exact) mass is 445 g/mol. The van der Waals surface area contributed by atoms with Gasteiger partial charge in [-0.15, -0.1) is 0 Å². The van der Waals surface area contributed by atoms with Gasteiger partial charge in [-0.3, -0.25) is 20.6 Å². The highest BCUT2D eigenvalue weighted by Crippen LogP contribution is 2.33. The number of hydrogen-bond acceptors (Lipinski definition) is 8. The first-order chi connectivity index (χ1) is 16.2. The third-order valence-corrected chi connectivity index (χ3v) is 6.79. The third-order valence-electron chi connectivity index (χ3n) is 6.79. The molecule has 2 fully saturated rings. The molecule has 0 amide bonds. The number of benzene rings is 2. The van der Waals surface area contributed by atoms with Crippen molar-refractivity contribution in [3.05, 3.63) is 42.6 Å². The lowest BCUT2D eigenvalue weighted by atomic mass is 10.0. The molecule has 0 bridgehead atoms.